The molecule has 0 radical (unpaired) electrons. The number of piperidine rings is 1. The quantitative estimate of drug-likeness (QED) is 0.793. The molecule has 3 N–H and O–H groups in total. The van der Waals surface area contributed by atoms with E-state index in [0.29, 0.717) is 6.54 Å². The van der Waals surface area contributed by atoms with E-state index < -0.39 is 0 Å². The third-order valence-corrected chi connectivity index (χ3v) is 3.57. The van der Waals surface area contributed by atoms with Crippen LogP contribution in [0.1, 0.15) is 24.0 Å². The van der Waals surface area contributed by atoms with Crippen molar-refractivity contribution in [1.82, 2.24) is 10.6 Å². The average Bonchev–Trinajstić information content (AvgIpc) is 2.39. The Morgan fingerprint density at radius 1 is 1.29 bits per heavy atom. The maximum absolute atomic E-state index is 11.9. The smallest absolute Gasteiger partial charge is 0.239 e. The number of amides is 1. The number of aryl methyl sites for hydroxylation is 2. The summed E-state index contributed by atoms with van der Waals surface area (Å²) < 4.78 is 0. The van der Waals surface area contributed by atoms with Crippen LogP contribution >= 0.6 is 24.8 Å². The Morgan fingerprint density at radius 2 is 1.95 bits per heavy atom. The highest BCUT2D eigenvalue weighted by molar-refractivity contribution is 5.85. The van der Waals surface area contributed by atoms with Gasteiger partial charge in [-0.25, -0.2) is 0 Å². The molecule has 1 aliphatic rings. The Hall–Kier alpha value is -0.970. The van der Waals surface area contributed by atoms with Crippen molar-refractivity contribution in [2.24, 2.45) is 0 Å². The summed E-state index contributed by atoms with van der Waals surface area (Å²) in [6.45, 7) is 6.39. The van der Waals surface area contributed by atoms with E-state index in [1.807, 2.05) is 6.07 Å². The van der Waals surface area contributed by atoms with Crippen molar-refractivity contribution in [2.45, 2.75) is 32.7 Å². The number of hydrogen-bond acceptors (Lipinski definition) is 3. The highest BCUT2D eigenvalue weighted by Crippen LogP contribution is 2.18. The zero-order chi connectivity index (χ0) is 13.7. The number of nitrogens with one attached hydrogen (secondary N) is 3. The molecule has 1 saturated heterocycles. The van der Waals surface area contributed by atoms with Crippen LogP contribution in [-0.4, -0.2) is 31.6 Å². The van der Waals surface area contributed by atoms with Crippen LogP contribution in [0.15, 0.2) is 18.2 Å². The number of carbonyl (C=O) groups is 1. The first-order valence-electron chi connectivity index (χ1n) is 6.97. The first-order valence-corrected chi connectivity index (χ1v) is 6.97. The van der Waals surface area contributed by atoms with Crippen LogP contribution in [0.3, 0.4) is 0 Å². The molecule has 1 aromatic carbocycles. The minimum atomic E-state index is 0. The number of benzene rings is 1. The van der Waals surface area contributed by atoms with E-state index in [4.69, 9.17) is 0 Å². The summed E-state index contributed by atoms with van der Waals surface area (Å²) in [4.78, 5) is 11.9. The molecule has 0 aliphatic carbocycles. The lowest BCUT2D eigenvalue weighted by Gasteiger charge is -2.24. The zero-order valence-corrected chi connectivity index (χ0v) is 14.2. The molecule has 0 saturated carbocycles. The van der Waals surface area contributed by atoms with Crippen LogP contribution in [0.5, 0.6) is 0 Å². The molecular weight excluding hydrogens is 309 g/mol. The first kappa shape index (κ1) is 20.0. The molecule has 0 aromatic heterocycles. The Balaban J connectivity index is 0.00000200. The predicted molar refractivity (Wildman–Crippen MR) is 92.9 cm³/mol. The van der Waals surface area contributed by atoms with E-state index in [1.54, 1.807) is 0 Å². The van der Waals surface area contributed by atoms with Crippen molar-refractivity contribution >= 4 is 36.4 Å². The fourth-order valence-corrected chi connectivity index (χ4v) is 2.52. The number of hydrogen-bond donors (Lipinski definition) is 3. The fourth-order valence-electron chi connectivity index (χ4n) is 2.52. The largest absolute Gasteiger partial charge is 0.376 e. The number of halogens is 2. The Kier molecular flexibility index (Phi) is 9.42. The van der Waals surface area contributed by atoms with Gasteiger partial charge in [0.05, 0.1) is 6.54 Å². The van der Waals surface area contributed by atoms with Gasteiger partial charge in [0.25, 0.3) is 0 Å². The summed E-state index contributed by atoms with van der Waals surface area (Å²) in [5.74, 6) is 0.0661. The average molecular weight is 334 g/mol. The standard InChI is InChI=1S/C15H23N3O.2ClH/c1-11-5-3-6-12(2)15(11)17-10-14(19)18-13-7-4-8-16-9-13;;/h3,5-6,13,16-17H,4,7-10H2,1-2H3,(H,18,19);2*1H/t13-;;/m0../s1. The van der Waals surface area contributed by atoms with Crippen molar-refractivity contribution in [3.8, 4) is 0 Å². The van der Waals surface area contributed by atoms with Crippen molar-refractivity contribution in [1.29, 1.82) is 0 Å². The second-order valence-corrected chi connectivity index (χ2v) is 5.23. The lowest BCUT2D eigenvalue weighted by atomic mass is 10.1. The van der Waals surface area contributed by atoms with Gasteiger partial charge >= 0.3 is 0 Å². The van der Waals surface area contributed by atoms with Gasteiger partial charge in [-0.05, 0) is 44.4 Å². The van der Waals surface area contributed by atoms with Gasteiger partial charge in [-0.15, -0.1) is 24.8 Å². The molecule has 1 heterocycles. The minimum absolute atomic E-state index is 0. The van der Waals surface area contributed by atoms with Crippen LogP contribution in [0.4, 0.5) is 5.69 Å². The first-order chi connectivity index (χ1) is 9.16. The maximum atomic E-state index is 11.9. The van der Waals surface area contributed by atoms with Crippen LogP contribution < -0.4 is 16.0 Å². The summed E-state index contributed by atoms with van der Waals surface area (Å²) in [7, 11) is 0. The molecule has 1 aromatic rings. The molecule has 1 fully saturated rings. The molecule has 0 spiro atoms. The summed E-state index contributed by atoms with van der Waals surface area (Å²) in [5.41, 5.74) is 3.42. The molecule has 21 heavy (non-hydrogen) atoms. The summed E-state index contributed by atoms with van der Waals surface area (Å²) in [6.07, 6.45) is 2.21. The van der Waals surface area contributed by atoms with Crippen LogP contribution in [0, 0.1) is 13.8 Å². The van der Waals surface area contributed by atoms with Crippen LogP contribution in [-0.2, 0) is 4.79 Å². The fraction of sp³-hybridized carbons (Fsp3) is 0.533. The van der Waals surface area contributed by atoms with Gasteiger partial charge in [-0.2, -0.15) is 0 Å². The Morgan fingerprint density at radius 3 is 2.52 bits per heavy atom. The highest BCUT2D eigenvalue weighted by atomic mass is 35.5. The van der Waals surface area contributed by atoms with Gasteiger partial charge in [0, 0.05) is 18.3 Å². The van der Waals surface area contributed by atoms with E-state index in [9.17, 15) is 4.79 Å². The summed E-state index contributed by atoms with van der Waals surface area (Å²) >= 11 is 0. The molecular formula is C15H25Cl2N3O. The second kappa shape index (κ2) is 9.87. The van der Waals surface area contributed by atoms with Crippen LogP contribution in [0.25, 0.3) is 0 Å². The number of carbonyl (C=O) groups excluding carboxylic acids is 1. The Labute approximate surface area is 139 Å². The van der Waals surface area contributed by atoms with Crippen molar-refractivity contribution in [3.63, 3.8) is 0 Å². The monoisotopic (exact) mass is 333 g/mol. The third kappa shape index (κ3) is 6.12. The van der Waals surface area contributed by atoms with Gasteiger partial charge in [0.15, 0.2) is 0 Å². The maximum Gasteiger partial charge on any atom is 0.239 e. The van der Waals surface area contributed by atoms with E-state index in [-0.39, 0.29) is 36.8 Å². The number of anilines is 1. The van der Waals surface area contributed by atoms with Crippen molar-refractivity contribution < 1.29 is 4.79 Å². The minimum Gasteiger partial charge on any atom is -0.376 e. The van der Waals surface area contributed by atoms with Gasteiger partial charge in [0.1, 0.15) is 0 Å². The van der Waals surface area contributed by atoms with E-state index in [0.717, 1.165) is 31.6 Å². The predicted octanol–water partition coefficient (Wildman–Crippen LogP) is 2.43. The molecule has 1 amide bonds. The third-order valence-electron chi connectivity index (χ3n) is 3.57. The van der Waals surface area contributed by atoms with Crippen molar-refractivity contribution in [3.05, 3.63) is 29.3 Å². The van der Waals surface area contributed by atoms with Gasteiger partial charge in [-0.1, -0.05) is 18.2 Å². The van der Waals surface area contributed by atoms with Gasteiger partial charge in [0.2, 0.25) is 5.91 Å². The molecule has 4 nitrogen and oxygen atoms in total. The number of rotatable bonds is 4. The van der Waals surface area contributed by atoms with Gasteiger partial charge in [-0.3, -0.25) is 4.79 Å². The SMILES string of the molecule is Cc1cccc(C)c1NCC(=O)N[C@H]1CCCNC1.Cl.Cl. The molecule has 0 bridgehead atoms. The molecule has 6 heteroatoms. The molecule has 0 unspecified atom stereocenters. The second-order valence-electron chi connectivity index (χ2n) is 5.23. The Bertz CT molecular complexity index is 428. The summed E-state index contributed by atoms with van der Waals surface area (Å²) in [5, 5.41) is 9.60. The normalized spacial score (nSPS) is 17.1. The number of para-hydroxylation sites is 1. The lowest BCUT2D eigenvalue weighted by Crippen LogP contribution is -2.47. The van der Waals surface area contributed by atoms with E-state index in [2.05, 4.69) is 41.9 Å². The van der Waals surface area contributed by atoms with E-state index >= 15 is 0 Å². The zero-order valence-electron chi connectivity index (χ0n) is 12.6. The molecule has 1 aliphatic heterocycles. The molecule has 1 atom stereocenters. The lowest BCUT2D eigenvalue weighted by molar-refractivity contribution is -0.120. The molecule has 120 valence electrons. The molecule has 2 rings (SSSR count). The van der Waals surface area contributed by atoms with Crippen molar-refractivity contribution in [2.75, 3.05) is 25.0 Å². The van der Waals surface area contributed by atoms with Crippen LogP contribution in [0.2, 0.25) is 0 Å². The van der Waals surface area contributed by atoms with Gasteiger partial charge < -0.3 is 16.0 Å². The highest BCUT2D eigenvalue weighted by Gasteiger charge is 2.15. The summed E-state index contributed by atoms with van der Waals surface area (Å²) in [6, 6.07) is 6.42. The topological polar surface area (TPSA) is 53.2 Å². The van der Waals surface area contributed by atoms with E-state index in [1.165, 1.54) is 11.1 Å².